The molecule has 0 spiro atoms. The topological polar surface area (TPSA) is 37.3 Å². The van der Waals surface area contributed by atoms with Crippen molar-refractivity contribution in [3.8, 4) is 0 Å². The molecule has 0 radical (unpaired) electrons. The number of aromatic nitrogens is 1. The van der Waals surface area contributed by atoms with E-state index in [9.17, 15) is 4.79 Å². The second kappa shape index (κ2) is 6.16. The molecule has 2 aromatic rings. The third-order valence-electron chi connectivity index (χ3n) is 4.09. The zero-order chi connectivity index (χ0) is 15.7. The highest BCUT2D eigenvalue weighted by Crippen LogP contribution is 2.33. The summed E-state index contributed by atoms with van der Waals surface area (Å²) in [5.74, 6) is 0.360. The molecular weight excluding hydrogens is 342 g/mol. The van der Waals surface area contributed by atoms with Crippen molar-refractivity contribution in [2.45, 2.75) is 26.4 Å². The van der Waals surface area contributed by atoms with E-state index in [1.165, 1.54) is 5.69 Å². The third kappa shape index (κ3) is 2.77. The number of hydrogen-bond acceptors (Lipinski definition) is 1. The van der Waals surface area contributed by atoms with E-state index in [-0.39, 0.29) is 12.1 Å². The molecule has 116 valence electrons. The van der Waals surface area contributed by atoms with E-state index >= 15 is 0 Å². The summed E-state index contributed by atoms with van der Waals surface area (Å²) in [6.45, 7) is 5.88. The van der Waals surface area contributed by atoms with E-state index in [4.69, 9.17) is 0 Å². The number of rotatable bonds is 2. The molecule has 1 aromatic heterocycles. The van der Waals surface area contributed by atoms with Crippen molar-refractivity contribution in [1.29, 1.82) is 0 Å². The van der Waals surface area contributed by atoms with Crippen LogP contribution in [0.4, 0.5) is 10.5 Å². The Hall–Kier alpha value is -1.75. The summed E-state index contributed by atoms with van der Waals surface area (Å²) < 4.78 is 3.14. The van der Waals surface area contributed by atoms with Gasteiger partial charge in [0, 0.05) is 29.5 Å². The number of fused-ring (bicyclic) bond motifs is 1. The number of hydrogen-bond donors (Lipinski definition) is 1. The smallest absolute Gasteiger partial charge is 0.322 e. The summed E-state index contributed by atoms with van der Waals surface area (Å²) in [5, 5.41) is 3.02. The third-order valence-corrected chi connectivity index (χ3v) is 4.78. The molecule has 0 aliphatic carbocycles. The highest BCUT2D eigenvalue weighted by Gasteiger charge is 2.33. The maximum atomic E-state index is 12.8. The molecule has 3 rings (SSSR count). The molecule has 0 unspecified atom stereocenters. The summed E-state index contributed by atoms with van der Waals surface area (Å²) in [5.41, 5.74) is 2.01. The number of anilines is 1. The highest BCUT2D eigenvalue weighted by atomic mass is 79.9. The summed E-state index contributed by atoms with van der Waals surface area (Å²) >= 11 is 3.48. The molecule has 2 amide bonds. The molecular formula is C17H20BrN3O. The van der Waals surface area contributed by atoms with Crippen LogP contribution in [0.3, 0.4) is 0 Å². The van der Waals surface area contributed by atoms with E-state index in [2.05, 4.69) is 58.0 Å². The Kier molecular flexibility index (Phi) is 4.25. The highest BCUT2D eigenvalue weighted by molar-refractivity contribution is 9.10. The first kappa shape index (κ1) is 15.2. The molecule has 0 fully saturated rings. The quantitative estimate of drug-likeness (QED) is 0.840. The molecule has 5 heteroatoms. The van der Waals surface area contributed by atoms with Crippen molar-refractivity contribution in [1.82, 2.24) is 9.47 Å². The number of amides is 2. The minimum atomic E-state index is -0.0435. The van der Waals surface area contributed by atoms with Crippen molar-refractivity contribution in [3.63, 3.8) is 0 Å². The van der Waals surface area contributed by atoms with Gasteiger partial charge in [0.15, 0.2) is 0 Å². The van der Waals surface area contributed by atoms with Gasteiger partial charge >= 0.3 is 6.03 Å². The molecule has 1 aliphatic rings. The second-order valence-electron chi connectivity index (χ2n) is 5.92. The van der Waals surface area contributed by atoms with Gasteiger partial charge in [0.2, 0.25) is 0 Å². The Labute approximate surface area is 139 Å². The standard InChI is InChI=1S/C17H20BrN3O/c1-12(2)16-15-8-5-9-20(15)10-11-21(16)17(22)19-14-7-4-3-6-13(14)18/h3-9,12,16H,10-11H2,1-2H3,(H,19,22)/t16-/m0/s1. The first-order valence-corrected chi connectivity index (χ1v) is 8.34. The Bertz CT molecular complexity index is 680. The molecule has 1 aromatic carbocycles. The summed E-state index contributed by atoms with van der Waals surface area (Å²) in [4.78, 5) is 14.7. The van der Waals surface area contributed by atoms with Crippen LogP contribution in [0.5, 0.6) is 0 Å². The number of nitrogens with zero attached hydrogens (tertiary/aromatic N) is 2. The maximum Gasteiger partial charge on any atom is 0.322 e. The molecule has 1 aliphatic heterocycles. The lowest BCUT2D eigenvalue weighted by atomic mass is 9.97. The molecule has 4 nitrogen and oxygen atoms in total. The van der Waals surface area contributed by atoms with Crippen LogP contribution in [-0.2, 0) is 6.54 Å². The van der Waals surface area contributed by atoms with Crippen molar-refractivity contribution in [3.05, 3.63) is 52.8 Å². The maximum absolute atomic E-state index is 12.8. The molecule has 1 N–H and O–H groups in total. The van der Waals surface area contributed by atoms with Gasteiger partial charge in [0.1, 0.15) is 0 Å². The summed E-state index contributed by atoms with van der Waals surface area (Å²) in [7, 11) is 0. The number of nitrogens with one attached hydrogen (secondary N) is 1. The van der Waals surface area contributed by atoms with E-state index in [0.717, 1.165) is 23.2 Å². The van der Waals surface area contributed by atoms with Crippen molar-refractivity contribution < 1.29 is 4.79 Å². The van der Waals surface area contributed by atoms with Crippen LogP contribution < -0.4 is 5.32 Å². The van der Waals surface area contributed by atoms with Crippen LogP contribution in [0.1, 0.15) is 25.6 Å². The van der Waals surface area contributed by atoms with Crippen LogP contribution in [-0.4, -0.2) is 22.0 Å². The van der Waals surface area contributed by atoms with Crippen LogP contribution in [0.25, 0.3) is 0 Å². The summed E-state index contributed by atoms with van der Waals surface area (Å²) in [6.07, 6.45) is 2.09. The molecule has 2 heterocycles. The lowest BCUT2D eigenvalue weighted by Gasteiger charge is -2.39. The Morgan fingerprint density at radius 1 is 1.23 bits per heavy atom. The van der Waals surface area contributed by atoms with Gasteiger partial charge in [0.25, 0.3) is 0 Å². The van der Waals surface area contributed by atoms with Crippen molar-refractivity contribution >= 4 is 27.6 Å². The lowest BCUT2D eigenvalue weighted by Crippen LogP contribution is -2.45. The monoisotopic (exact) mass is 361 g/mol. The minimum absolute atomic E-state index is 0.0435. The van der Waals surface area contributed by atoms with E-state index in [1.807, 2.05) is 29.2 Å². The van der Waals surface area contributed by atoms with Gasteiger partial charge in [-0.05, 0) is 46.1 Å². The number of carbonyl (C=O) groups excluding carboxylic acids is 1. The van der Waals surface area contributed by atoms with Crippen LogP contribution in [0.2, 0.25) is 0 Å². The number of benzene rings is 1. The Balaban J connectivity index is 1.84. The van der Waals surface area contributed by atoms with Gasteiger partial charge in [-0.15, -0.1) is 0 Å². The predicted molar refractivity (Wildman–Crippen MR) is 91.9 cm³/mol. The van der Waals surface area contributed by atoms with Gasteiger partial charge < -0.3 is 14.8 Å². The van der Waals surface area contributed by atoms with E-state index in [1.54, 1.807) is 0 Å². The SMILES string of the molecule is CC(C)[C@H]1c2cccn2CCN1C(=O)Nc1ccccc1Br. The molecule has 0 saturated heterocycles. The van der Waals surface area contributed by atoms with E-state index < -0.39 is 0 Å². The number of halogens is 1. The average molecular weight is 362 g/mol. The Morgan fingerprint density at radius 2 is 2.00 bits per heavy atom. The van der Waals surface area contributed by atoms with Crippen LogP contribution in [0.15, 0.2) is 47.1 Å². The Morgan fingerprint density at radius 3 is 2.73 bits per heavy atom. The predicted octanol–water partition coefficient (Wildman–Crippen LogP) is 4.50. The van der Waals surface area contributed by atoms with Crippen LogP contribution >= 0.6 is 15.9 Å². The average Bonchev–Trinajstić information content (AvgIpc) is 2.96. The first-order chi connectivity index (χ1) is 10.6. The normalized spacial score (nSPS) is 17.5. The van der Waals surface area contributed by atoms with Crippen molar-refractivity contribution in [2.75, 3.05) is 11.9 Å². The zero-order valence-corrected chi connectivity index (χ0v) is 14.4. The molecule has 22 heavy (non-hydrogen) atoms. The van der Waals surface area contributed by atoms with Crippen molar-refractivity contribution in [2.24, 2.45) is 5.92 Å². The second-order valence-corrected chi connectivity index (χ2v) is 6.77. The molecule has 0 bridgehead atoms. The van der Waals surface area contributed by atoms with Gasteiger partial charge in [-0.3, -0.25) is 0 Å². The fraction of sp³-hybridized carbons (Fsp3) is 0.353. The minimum Gasteiger partial charge on any atom is -0.348 e. The number of para-hydroxylation sites is 1. The van der Waals surface area contributed by atoms with Gasteiger partial charge in [0.05, 0.1) is 11.7 Å². The fourth-order valence-electron chi connectivity index (χ4n) is 3.09. The van der Waals surface area contributed by atoms with E-state index in [0.29, 0.717) is 5.92 Å². The lowest BCUT2D eigenvalue weighted by molar-refractivity contribution is 0.144. The summed E-state index contributed by atoms with van der Waals surface area (Å²) in [6, 6.07) is 11.9. The zero-order valence-electron chi connectivity index (χ0n) is 12.8. The van der Waals surface area contributed by atoms with Gasteiger partial charge in [-0.25, -0.2) is 4.79 Å². The van der Waals surface area contributed by atoms with Crippen LogP contribution in [0, 0.1) is 5.92 Å². The first-order valence-electron chi connectivity index (χ1n) is 7.55. The number of urea groups is 1. The molecule has 0 saturated carbocycles. The number of carbonyl (C=O) groups is 1. The largest absolute Gasteiger partial charge is 0.348 e. The molecule has 1 atom stereocenters. The van der Waals surface area contributed by atoms with Gasteiger partial charge in [-0.2, -0.15) is 0 Å². The van der Waals surface area contributed by atoms with Gasteiger partial charge in [-0.1, -0.05) is 26.0 Å². The fourth-order valence-corrected chi connectivity index (χ4v) is 3.48.